The second-order valence-electron chi connectivity index (χ2n) is 9.16. The Morgan fingerprint density at radius 3 is 2.28 bits per heavy atom. The van der Waals surface area contributed by atoms with Crippen molar-refractivity contribution in [2.24, 2.45) is 0 Å². The number of carbonyl (C=O) groups is 2. The number of hydrogen-bond donors (Lipinski definition) is 2. The van der Waals surface area contributed by atoms with E-state index in [2.05, 4.69) is 10.3 Å². The molecule has 1 aromatic heterocycles. The van der Waals surface area contributed by atoms with Crippen LogP contribution >= 0.6 is 11.6 Å². The van der Waals surface area contributed by atoms with Gasteiger partial charge in [0.05, 0.1) is 7.11 Å². The molecule has 0 aliphatic heterocycles. The highest BCUT2D eigenvalue weighted by Gasteiger charge is 2.23. The lowest BCUT2D eigenvalue weighted by molar-refractivity contribution is -0.142. The summed E-state index contributed by atoms with van der Waals surface area (Å²) in [5.74, 6) is -0.191. The van der Waals surface area contributed by atoms with Gasteiger partial charge in [0.15, 0.2) is 0 Å². The molecule has 1 amide bonds. The van der Waals surface area contributed by atoms with E-state index in [-0.39, 0.29) is 6.42 Å². The molecule has 0 radical (unpaired) electrons. The monoisotopic (exact) mass is 538 g/mol. The predicted molar refractivity (Wildman–Crippen MR) is 153 cm³/mol. The minimum absolute atomic E-state index is 0.276. The minimum Gasteiger partial charge on any atom is -0.489 e. The SMILES string of the molecule is COC(=O)[C@H](Cc1ccc(OCc2ccccc2)cc1)NC(=O)c1cc2cc(-c3ccc(Cl)cc3)ccc2[nH]1. The van der Waals surface area contributed by atoms with E-state index in [4.69, 9.17) is 21.1 Å². The zero-order valence-electron chi connectivity index (χ0n) is 21.3. The lowest BCUT2D eigenvalue weighted by atomic mass is 10.0. The second-order valence-corrected chi connectivity index (χ2v) is 9.60. The van der Waals surface area contributed by atoms with Crippen molar-refractivity contribution in [3.05, 3.63) is 125 Å². The van der Waals surface area contributed by atoms with Crippen molar-refractivity contribution in [2.75, 3.05) is 7.11 Å². The molecular weight excluding hydrogens is 512 g/mol. The largest absolute Gasteiger partial charge is 0.489 e. The summed E-state index contributed by atoms with van der Waals surface area (Å²) in [6, 6.07) is 31.8. The smallest absolute Gasteiger partial charge is 0.328 e. The Morgan fingerprint density at radius 2 is 1.56 bits per heavy atom. The summed E-state index contributed by atoms with van der Waals surface area (Å²) in [6.45, 7) is 0.465. The minimum atomic E-state index is -0.852. The first-order chi connectivity index (χ1) is 19.0. The number of halogens is 1. The third kappa shape index (κ3) is 6.48. The first-order valence-electron chi connectivity index (χ1n) is 12.5. The van der Waals surface area contributed by atoms with Gasteiger partial charge in [-0.2, -0.15) is 0 Å². The topological polar surface area (TPSA) is 80.4 Å². The number of carbonyl (C=O) groups excluding carboxylic acids is 2. The number of amides is 1. The van der Waals surface area contributed by atoms with Crippen LogP contribution in [0.2, 0.25) is 5.02 Å². The third-order valence-corrected chi connectivity index (χ3v) is 6.70. The summed E-state index contributed by atoms with van der Waals surface area (Å²) in [4.78, 5) is 28.8. The number of hydrogen-bond acceptors (Lipinski definition) is 4. The van der Waals surface area contributed by atoms with Gasteiger partial charge in [-0.25, -0.2) is 4.79 Å². The number of benzene rings is 4. The van der Waals surface area contributed by atoms with Crippen LogP contribution in [0.25, 0.3) is 22.0 Å². The number of aromatic nitrogens is 1. The Hall–Kier alpha value is -4.55. The molecule has 1 atom stereocenters. The average Bonchev–Trinajstić information content (AvgIpc) is 3.41. The van der Waals surface area contributed by atoms with E-state index in [1.54, 1.807) is 6.07 Å². The normalized spacial score (nSPS) is 11.6. The van der Waals surface area contributed by atoms with Gasteiger partial charge in [-0.1, -0.05) is 72.3 Å². The molecule has 0 unspecified atom stereocenters. The van der Waals surface area contributed by atoms with Crippen molar-refractivity contribution in [3.63, 3.8) is 0 Å². The zero-order chi connectivity index (χ0) is 27.2. The van der Waals surface area contributed by atoms with E-state index in [0.717, 1.165) is 38.9 Å². The first kappa shape index (κ1) is 26.1. The number of rotatable bonds is 9. The van der Waals surface area contributed by atoms with Gasteiger partial charge in [-0.05, 0) is 64.7 Å². The average molecular weight is 539 g/mol. The standard InChI is InChI=1S/C32H27ClN2O4/c1-38-32(37)30(17-21-7-14-27(15-8-21)39-20-22-5-3-2-4-6-22)35-31(36)29-19-25-18-24(11-16-28(25)34-29)23-9-12-26(33)13-10-23/h2-16,18-19,30,34H,17,20H2,1H3,(H,35,36)/t30-/m0/s1. The Kier molecular flexibility index (Phi) is 7.94. The summed E-state index contributed by atoms with van der Waals surface area (Å²) in [6.07, 6.45) is 0.276. The zero-order valence-corrected chi connectivity index (χ0v) is 22.1. The summed E-state index contributed by atoms with van der Waals surface area (Å²) in [5, 5.41) is 4.37. The molecule has 39 heavy (non-hydrogen) atoms. The Labute approximate surface area is 231 Å². The van der Waals surface area contributed by atoms with Gasteiger partial charge >= 0.3 is 5.97 Å². The first-order valence-corrected chi connectivity index (χ1v) is 12.9. The van der Waals surface area contributed by atoms with Gasteiger partial charge in [0, 0.05) is 22.3 Å². The lowest BCUT2D eigenvalue weighted by Crippen LogP contribution is -2.43. The fourth-order valence-corrected chi connectivity index (χ4v) is 4.47. The van der Waals surface area contributed by atoms with Crippen LogP contribution in [0.5, 0.6) is 5.75 Å². The van der Waals surface area contributed by atoms with Crippen LogP contribution < -0.4 is 10.1 Å². The molecule has 0 aliphatic carbocycles. The number of esters is 1. The molecule has 2 N–H and O–H groups in total. The van der Waals surface area contributed by atoms with Crippen molar-refractivity contribution < 1.29 is 19.1 Å². The van der Waals surface area contributed by atoms with Crippen molar-refractivity contribution in [2.45, 2.75) is 19.1 Å². The van der Waals surface area contributed by atoms with E-state index in [9.17, 15) is 9.59 Å². The molecular formula is C32H27ClN2O4. The van der Waals surface area contributed by atoms with Gasteiger partial charge in [0.25, 0.3) is 5.91 Å². The van der Waals surface area contributed by atoms with Crippen LogP contribution in [0.1, 0.15) is 21.6 Å². The van der Waals surface area contributed by atoms with Crippen molar-refractivity contribution in [3.8, 4) is 16.9 Å². The van der Waals surface area contributed by atoms with Crippen LogP contribution in [0.3, 0.4) is 0 Å². The van der Waals surface area contributed by atoms with Crippen molar-refractivity contribution in [1.29, 1.82) is 0 Å². The summed E-state index contributed by atoms with van der Waals surface area (Å²) < 4.78 is 10.8. The van der Waals surface area contributed by atoms with Crippen molar-refractivity contribution in [1.82, 2.24) is 10.3 Å². The number of H-pyrrole nitrogens is 1. The third-order valence-electron chi connectivity index (χ3n) is 6.45. The molecule has 0 bridgehead atoms. The maximum absolute atomic E-state index is 13.1. The van der Waals surface area contributed by atoms with Crippen LogP contribution in [0.4, 0.5) is 0 Å². The number of ether oxygens (including phenoxy) is 2. The van der Waals surface area contributed by atoms with Gasteiger partial charge in [0.1, 0.15) is 24.1 Å². The van der Waals surface area contributed by atoms with E-state index >= 15 is 0 Å². The molecule has 4 aromatic carbocycles. The van der Waals surface area contributed by atoms with Crippen LogP contribution in [0, 0.1) is 0 Å². The predicted octanol–water partition coefficient (Wildman–Crippen LogP) is 6.58. The number of methoxy groups -OCH3 is 1. The summed E-state index contributed by atoms with van der Waals surface area (Å²) in [5.41, 5.74) is 5.15. The van der Waals surface area contributed by atoms with E-state index in [0.29, 0.717) is 17.3 Å². The molecule has 0 fully saturated rings. The molecule has 5 aromatic rings. The summed E-state index contributed by atoms with van der Waals surface area (Å²) >= 11 is 6.01. The second kappa shape index (κ2) is 11.9. The maximum atomic E-state index is 13.1. The van der Waals surface area contributed by atoms with E-state index in [1.807, 2.05) is 97.1 Å². The van der Waals surface area contributed by atoms with Crippen LogP contribution in [0.15, 0.2) is 103 Å². The quantitative estimate of drug-likeness (QED) is 0.208. The molecule has 0 saturated heterocycles. The molecule has 6 nitrogen and oxygen atoms in total. The highest BCUT2D eigenvalue weighted by atomic mass is 35.5. The maximum Gasteiger partial charge on any atom is 0.328 e. The molecule has 0 saturated carbocycles. The number of aromatic amines is 1. The Balaban J connectivity index is 1.26. The molecule has 0 aliphatic rings. The molecule has 196 valence electrons. The number of nitrogens with one attached hydrogen (secondary N) is 2. The fourth-order valence-electron chi connectivity index (χ4n) is 4.35. The Morgan fingerprint density at radius 1 is 0.846 bits per heavy atom. The van der Waals surface area contributed by atoms with Gasteiger partial charge in [-0.3, -0.25) is 4.79 Å². The highest BCUT2D eigenvalue weighted by molar-refractivity contribution is 6.30. The van der Waals surface area contributed by atoms with Gasteiger partial charge in [-0.15, -0.1) is 0 Å². The van der Waals surface area contributed by atoms with E-state index in [1.165, 1.54) is 7.11 Å². The summed E-state index contributed by atoms with van der Waals surface area (Å²) in [7, 11) is 1.31. The molecule has 0 spiro atoms. The lowest BCUT2D eigenvalue weighted by Gasteiger charge is -2.16. The van der Waals surface area contributed by atoms with Crippen LogP contribution in [-0.2, 0) is 22.6 Å². The molecule has 1 heterocycles. The molecule has 5 rings (SSSR count). The number of fused-ring (bicyclic) bond motifs is 1. The van der Waals surface area contributed by atoms with Crippen molar-refractivity contribution >= 4 is 34.4 Å². The van der Waals surface area contributed by atoms with E-state index < -0.39 is 17.9 Å². The fraction of sp³-hybridized carbons (Fsp3) is 0.125. The molecule has 7 heteroatoms. The van der Waals surface area contributed by atoms with Gasteiger partial charge < -0.3 is 19.8 Å². The Bertz CT molecular complexity index is 1580. The van der Waals surface area contributed by atoms with Crippen LogP contribution in [-0.4, -0.2) is 30.0 Å². The highest BCUT2D eigenvalue weighted by Crippen LogP contribution is 2.26. The van der Waals surface area contributed by atoms with Gasteiger partial charge in [0.2, 0.25) is 0 Å².